The van der Waals surface area contributed by atoms with Gasteiger partial charge in [0.15, 0.2) is 0 Å². The van der Waals surface area contributed by atoms with Gasteiger partial charge in [0.1, 0.15) is 5.75 Å². The van der Waals surface area contributed by atoms with Crippen LogP contribution in [0.5, 0.6) is 5.75 Å². The van der Waals surface area contributed by atoms with E-state index in [0.717, 1.165) is 48.1 Å². The molecule has 1 saturated carbocycles. The zero-order valence-electron chi connectivity index (χ0n) is 18.4. The van der Waals surface area contributed by atoms with Gasteiger partial charge in [-0.2, -0.15) is 5.26 Å². The monoisotopic (exact) mass is 424 g/mol. The number of hydrogen-bond donors (Lipinski definition) is 1. The molecule has 1 N–H and O–H groups in total. The summed E-state index contributed by atoms with van der Waals surface area (Å²) in [6.45, 7) is 2.55. The number of nitrogens with one attached hydrogen (secondary N) is 1. The summed E-state index contributed by atoms with van der Waals surface area (Å²) in [7, 11) is 0. The van der Waals surface area contributed by atoms with Gasteiger partial charge < -0.3 is 10.1 Å². The van der Waals surface area contributed by atoms with E-state index in [2.05, 4.69) is 23.5 Å². The van der Waals surface area contributed by atoms with Crippen molar-refractivity contribution >= 4 is 5.91 Å². The van der Waals surface area contributed by atoms with Crippen molar-refractivity contribution in [2.24, 2.45) is 0 Å². The first-order chi connectivity index (χ1) is 15.6. The molecule has 0 heterocycles. The number of nitrogens with zero attached hydrogens (tertiary/aromatic N) is 1. The van der Waals surface area contributed by atoms with E-state index < -0.39 is 5.41 Å². The molecule has 0 radical (unpaired) electrons. The van der Waals surface area contributed by atoms with Crippen LogP contribution < -0.4 is 10.1 Å². The number of benzene rings is 3. The quantitative estimate of drug-likeness (QED) is 0.537. The van der Waals surface area contributed by atoms with E-state index in [1.54, 1.807) is 0 Å². The number of carbonyl (C=O) groups is 1. The fourth-order valence-electron chi connectivity index (χ4n) is 4.48. The Labute approximate surface area is 189 Å². The lowest BCUT2D eigenvalue weighted by atomic mass is 9.69. The third-order valence-electron chi connectivity index (χ3n) is 6.34. The molecular formula is C28H28N2O2. The first-order valence-corrected chi connectivity index (χ1v) is 11.2. The van der Waals surface area contributed by atoms with Crippen LogP contribution in [-0.2, 0) is 5.41 Å². The molecule has 0 atom stereocenters. The molecule has 0 unspecified atom stereocenters. The SMILES string of the molecule is CCOc1cccc([C@]2(C#N)CC[C@@H](NC(=O)c3ccc(-c4ccccc4)cc3)CC2)c1. The lowest BCUT2D eigenvalue weighted by molar-refractivity contribution is 0.0922. The molecule has 0 aliphatic heterocycles. The highest BCUT2D eigenvalue weighted by Gasteiger charge is 2.37. The van der Waals surface area contributed by atoms with Crippen LogP contribution in [0.1, 0.15) is 48.5 Å². The van der Waals surface area contributed by atoms with E-state index in [1.807, 2.05) is 73.7 Å². The average molecular weight is 425 g/mol. The molecular weight excluding hydrogens is 396 g/mol. The largest absolute Gasteiger partial charge is 0.494 e. The van der Waals surface area contributed by atoms with Gasteiger partial charge in [0.2, 0.25) is 0 Å². The van der Waals surface area contributed by atoms with Gasteiger partial charge in [-0.3, -0.25) is 4.79 Å². The second-order valence-corrected chi connectivity index (χ2v) is 8.35. The molecule has 3 aromatic carbocycles. The average Bonchev–Trinajstić information content (AvgIpc) is 2.86. The van der Waals surface area contributed by atoms with Crippen LogP contribution in [0.4, 0.5) is 0 Å². The van der Waals surface area contributed by atoms with Crippen molar-refractivity contribution in [2.75, 3.05) is 6.61 Å². The Hall–Kier alpha value is -3.58. The Morgan fingerprint density at radius 1 is 1.00 bits per heavy atom. The Morgan fingerprint density at radius 2 is 1.69 bits per heavy atom. The standard InChI is InChI=1S/C28H28N2O2/c1-2-32-26-10-6-9-24(19-26)28(20-29)17-15-25(16-18-28)30-27(31)23-13-11-22(12-14-23)21-7-4-3-5-8-21/h3-14,19,25H,2,15-18H2,1H3,(H,30,31)/t25-,28-. The molecule has 32 heavy (non-hydrogen) atoms. The van der Waals surface area contributed by atoms with E-state index in [1.165, 1.54) is 0 Å². The van der Waals surface area contributed by atoms with Gasteiger partial charge in [-0.15, -0.1) is 0 Å². The first kappa shape index (κ1) is 21.6. The Kier molecular flexibility index (Phi) is 6.56. The number of nitriles is 1. The Bertz CT molecular complexity index is 1090. The number of rotatable bonds is 6. The third-order valence-corrected chi connectivity index (χ3v) is 6.34. The molecule has 1 aliphatic rings. The molecule has 4 rings (SSSR count). The van der Waals surface area contributed by atoms with Crippen LogP contribution in [-0.4, -0.2) is 18.6 Å². The zero-order valence-corrected chi connectivity index (χ0v) is 18.4. The normalized spacial score (nSPS) is 20.2. The lowest BCUT2D eigenvalue weighted by Gasteiger charge is -2.35. The van der Waals surface area contributed by atoms with Crippen molar-refractivity contribution in [3.8, 4) is 22.9 Å². The summed E-state index contributed by atoms with van der Waals surface area (Å²) in [6.07, 6.45) is 2.99. The molecule has 162 valence electrons. The highest BCUT2D eigenvalue weighted by Crippen LogP contribution is 2.40. The lowest BCUT2D eigenvalue weighted by Crippen LogP contribution is -2.41. The highest BCUT2D eigenvalue weighted by atomic mass is 16.5. The minimum Gasteiger partial charge on any atom is -0.494 e. The van der Waals surface area contributed by atoms with E-state index in [9.17, 15) is 10.1 Å². The maximum atomic E-state index is 12.8. The smallest absolute Gasteiger partial charge is 0.251 e. The maximum absolute atomic E-state index is 12.8. The van der Waals surface area contributed by atoms with Crippen molar-refractivity contribution in [1.29, 1.82) is 5.26 Å². The van der Waals surface area contributed by atoms with Crippen LogP contribution in [0.2, 0.25) is 0 Å². The maximum Gasteiger partial charge on any atom is 0.251 e. The summed E-state index contributed by atoms with van der Waals surface area (Å²) < 4.78 is 5.62. The Balaban J connectivity index is 1.38. The highest BCUT2D eigenvalue weighted by molar-refractivity contribution is 5.94. The molecule has 1 amide bonds. The van der Waals surface area contributed by atoms with Crippen molar-refractivity contribution in [2.45, 2.75) is 44.1 Å². The molecule has 4 heteroatoms. The second kappa shape index (κ2) is 9.70. The van der Waals surface area contributed by atoms with Crippen molar-refractivity contribution in [3.05, 3.63) is 90.0 Å². The van der Waals surface area contributed by atoms with Gasteiger partial charge in [-0.05, 0) is 73.6 Å². The predicted octanol–water partition coefficient (Wildman–Crippen LogP) is 5.89. The van der Waals surface area contributed by atoms with E-state index >= 15 is 0 Å². The molecule has 0 saturated heterocycles. The van der Waals surface area contributed by atoms with Crippen LogP contribution in [0.25, 0.3) is 11.1 Å². The summed E-state index contributed by atoms with van der Waals surface area (Å²) in [6, 6.07) is 28.4. The minimum atomic E-state index is -0.522. The van der Waals surface area contributed by atoms with Crippen molar-refractivity contribution < 1.29 is 9.53 Å². The fraction of sp³-hybridized carbons (Fsp3) is 0.286. The van der Waals surface area contributed by atoms with Gasteiger partial charge in [-0.25, -0.2) is 0 Å². The molecule has 0 bridgehead atoms. The van der Waals surface area contributed by atoms with Gasteiger partial charge >= 0.3 is 0 Å². The molecule has 0 spiro atoms. The molecule has 0 aromatic heterocycles. The number of hydrogen-bond acceptors (Lipinski definition) is 3. The molecule has 1 aliphatic carbocycles. The van der Waals surface area contributed by atoms with Gasteiger partial charge in [0, 0.05) is 11.6 Å². The van der Waals surface area contributed by atoms with E-state index in [4.69, 9.17) is 4.74 Å². The summed E-state index contributed by atoms with van der Waals surface area (Å²) in [5.74, 6) is 0.742. The molecule has 4 nitrogen and oxygen atoms in total. The van der Waals surface area contributed by atoms with Crippen LogP contribution in [0, 0.1) is 11.3 Å². The van der Waals surface area contributed by atoms with E-state index in [-0.39, 0.29) is 11.9 Å². The van der Waals surface area contributed by atoms with Crippen molar-refractivity contribution in [1.82, 2.24) is 5.32 Å². The van der Waals surface area contributed by atoms with Gasteiger partial charge in [0.05, 0.1) is 18.1 Å². The third kappa shape index (κ3) is 4.68. The zero-order chi connectivity index (χ0) is 22.4. The number of amides is 1. The number of carbonyl (C=O) groups excluding carboxylic acids is 1. The van der Waals surface area contributed by atoms with Gasteiger partial charge in [-0.1, -0.05) is 54.6 Å². The Morgan fingerprint density at radius 3 is 2.34 bits per heavy atom. The molecule has 1 fully saturated rings. The summed E-state index contributed by atoms with van der Waals surface area (Å²) in [5.41, 5.74) is 3.37. The minimum absolute atomic E-state index is 0.0580. The second-order valence-electron chi connectivity index (χ2n) is 8.35. The topological polar surface area (TPSA) is 62.1 Å². The fourth-order valence-corrected chi connectivity index (χ4v) is 4.48. The number of ether oxygens (including phenoxy) is 1. The van der Waals surface area contributed by atoms with E-state index in [0.29, 0.717) is 12.2 Å². The summed E-state index contributed by atoms with van der Waals surface area (Å²) >= 11 is 0. The summed E-state index contributed by atoms with van der Waals surface area (Å²) in [5, 5.41) is 13.2. The first-order valence-electron chi connectivity index (χ1n) is 11.2. The van der Waals surface area contributed by atoms with Crippen LogP contribution in [0.15, 0.2) is 78.9 Å². The predicted molar refractivity (Wildman–Crippen MR) is 127 cm³/mol. The van der Waals surface area contributed by atoms with Crippen LogP contribution in [0.3, 0.4) is 0 Å². The van der Waals surface area contributed by atoms with Crippen molar-refractivity contribution in [3.63, 3.8) is 0 Å². The summed E-state index contributed by atoms with van der Waals surface area (Å²) in [4.78, 5) is 12.8. The molecule has 3 aromatic rings. The van der Waals surface area contributed by atoms with Crippen LogP contribution >= 0.6 is 0 Å². The van der Waals surface area contributed by atoms with Gasteiger partial charge in [0.25, 0.3) is 5.91 Å².